The van der Waals surface area contributed by atoms with Gasteiger partial charge < -0.3 is 9.80 Å². The Labute approximate surface area is 184 Å². The molecule has 0 N–H and O–H groups in total. The highest BCUT2D eigenvalue weighted by Gasteiger charge is 2.47. The van der Waals surface area contributed by atoms with Gasteiger partial charge in [0.15, 0.2) is 0 Å². The smallest absolute Gasteiger partial charge is 0.238 e. The predicted octanol–water partition coefficient (Wildman–Crippen LogP) is 4.18. The Hall–Kier alpha value is -2.48. The van der Waals surface area contributed by atoms with E-state index in [4.69, 9.17) is 11.6 Å². The highest BCUT2D eigenvalue weighted by molar-refractivity contribution is 6.30. The molecule has 2 aliphatic heterocycles. The molecule has 1 unspecified atom stereocenters. The molecule has 2 heterocycles. The number of carbonyl (C=O) groups is 1. The largest absolute Gasteiger partial charge is 0.369 e. The number of rotatable bonds is 4. The second-order valence-corrected chi connectivity index (χ2v) is 8.52. The zero-order valence-corrected chi connectivity index (χ0v) is 18.5. The second kappa shape index (κ2) is 8.71. The summed E-state index contributed by atoms with van der Waals surface area (Å²) < 4.78 is 0. The summed E-state index contributed by atoms with van der Waals surface area (Å²) >= 11 is 5.99. The molecule has 0 saturated carbocycles. The summed E-state index contributed by atoms with van der Waals surface area (Å²) in [5.41, 5.74) is 2.85. The number of anilines is 2. The van der Waals surface area contributed by atoms with Gasteiger partial charge in [-0.3, -0.25) is 9.69 Å². The van der Waals surface area contributed by atoms with Gasteiger partial charge in [-0.2, -0.15) is 0 Å². The third-order valence-electron chi connectivity index (χ3n) is 6.48. The van der Waals surface area contributed by atoms with Gasteiger partial charge >= 0.3 is 0 Å². The third-order valence-corrected chi connectivity index (χ3v) is 6.73. The van der Waals surface area contributed by atoms with Crippen LogP contribution in [0.15, 0.2) is 48.5 Å². The lowest BCUT2D eigenvalue weighted by molar-refractivity contribution is -0.122. The van der Waals surface area contributed by atoms with E-state index in [2.05, 4.69) is 46.8 Å². The van der Waals surface area contributed by atoms with Crippen molar-refractivity contribution >= 4 is 28.9 Å². The summed E-state index contributed by atoms with van der Waals surface area (Å²) in [6, 6.07) is 16.2. The van der Waals surface area contributed by atoms with E-state index in [1.807, 2.05) is 37.4 Å². The molecule has 0 spiro atoms. The van der Waals surface area contributed by atoms with Gasteiger partial charge in [-0.05, 0) is 42.3 Å². The summed E-state index contributed by atoms with van der Waals surface area (Å²) in [4.78, 5) is 19.6. The van der Waals surface area contributed by atoms with Crippen molar-refractivity contribution in [1.82, 2.24) is 4.90 Å². The van der Waals surface area contributed by atoms with E-state index >= 15 is 0 Å². The molecule has 4 nitrogen and oxygen atoms in total. The molecule has 1 saturated heterocycles. The van der Waals surface area contributed by atoms with Crippen molar-refractivity contribution in [2.24, 2.45) is 0 Å². The van der Waals surface area contributed by atoms with E-state index in [0.29, 0.717) is 6.42 Å². The Morgan fingerprint density at radius 1 is 1.00 bits per heavy atom. The monoisotopic (exact) mass is 421 g/mol. The number of hydrogen-bond acceptors (Lipinski definition) is 3. The van der Waals surface area contributed by atoms with Crippen molar-refractivity contribution in [3.63, 3.8) is 0 Å². The Kier molecular flexibility index (Phi) is 6.04. The van der Waals surface area contributed by atoms with Crippen LogP contribution < -0.4 is 9.80 Å². The van der Waals surface area contributed by atoms with Crippen LogP contribution in [0.5, 0.6) is 0 Å². The van der Waals surface area contributed by atoms with Crippen molar-refractivity contribution in [3.05, 3.63) is 59.1 Å². The molecule has 2 aliphatic rings. The van der Waals surface area contributed by atoms with Crippen LogP contribution in [-0.2, 0) is 10.2 Å². The zero-order valence-electron chi connectivity index (χ0n) is 17.7. The van der Waals surface area contributed by atoms with Crippen molar-refractivity contribution in [1.29, 1.82) is 0 Å². The van der Waals surface area contributed by atoms with Crippen LogP contribution >= 0.6 is 11.6 Å². The summed E-state index contributed by atoms with van der Waals surface area (Å²) in [5, 5.41) is 0.770. The van der Waals surface area contributed by atoms with E-state index in [0.717, 1.165) is 55.4 Å². The molecule has 0 aliphatic carbocycles. The van der Waals surface area contributed by atoms with Gasteiger partial charge in [0.2, 0.25) is 5.91 Å². The summed E-state index contributed by atoms with van der Waals surface area (Å²) in [5.74, 6) is 6.84. The fourth-order valence-corrected chi connectivity index (χ4v) is 4.68. The quantitative estimate of drug-likeness (QED) is 0.693. The lowest BCUT2D eigenvalue weighted by Gasteiger charge is -2.35. The lowest BCUT2D eigenvalue weighted by Crippen LogP contribution is -2.46. The number of fused-ring (bicyclic) bond motifs is 1. The van der Waals surface area contributed by atoms with Crippen LogP contribution in [-0.4, -0.2) is 50.6 Å². The predicted molar refractivity (Wildman–Crippen MR) is 124 cm³/mol. The number of para-hydroxylation sites is 1. The van der Waals surface area contributed by atoms with Crippen molar-refractivity contribution < 1.29 is 4.79 Å². The molecular formula is C25H28ClN3O. The lowest BCUT2D eigenvalue weighted by atomic mass is 9.76. The number of carbonyl (C=O) groups excluding carboxylic acids is 1. The van der Waals surface area contributed by atoms with Crippen LogP contribution in [0, 0.1) is 11.8 Å². The van der Waals surface area contributed by atoms with Gasteiger partial charge in [-0.15, -0.1) is 5.92 Å². The van der Waals surface area contributed by atoms with Crippen LogP contribution in [0.25, 0.3) is 0 Å². The fraction of sp³-hybridized carbons (Fsp3) is 0.400. The molecule has 2 aromatic rings. The average Bonchev–Trinajstić information content (AvgIpc) is 3.00. The molecule has 0 radical (unpaired) electrons. The number of halogens is 1. The number of amides is 1. The van der Waals surface area contributed by atoms with Crippen molar-refractivity contribution in [3.8, 4) is 11.8 Å². The maximum absolute atomic E-state index is 13.0. The van der Waals surface area contributed by atoms with Gasteiger partial charge in [0.25, 0.3) is 0 Å². The molecule has 1 fully saturated rings. The van der Waals surface area contributed by atoms with E-state index < -0.39 is 5.41 Å². The topological polar surface area (TPSA) is 26.8 Å². The van der Waals surface area contributed by atoms with E-state index in [9.17, 15) is 4.79 Å². The first-order valence-electron chi connectivity index (χ1n) is 10.6. The number of likely N-dealkylation sites (N-methyl/N-ethyl adjacent to an activating group) is 1. The first-order chi connectivity index (χ1) is 14.5. The molecule has 1 amide bonds. The molecule has 0 aromatic heterocycles. The fourth-order valence-electron chi connectivity index (χ4n) is 4.55. The Balaban J connectivity index is 1.35. The molecule has 4 rings (SSSR count). The van der Waals surface area contributed by atoms with E-state index in [1.54, 1.807) is 4.90 Å². The Bertz CT molecular complexity index is 970. The summed E-state index contributed by atoms with van der Waals surface area (Å²) in [6.45, 7) is 6.78. The van der Waals surface area contributed by atoms with Crippen LogP contribution in [0.4, 0.5) is 11.4 Å². The Morgan fingerprint density at radius 2 is 1.70 bits per heavy atom. The SMILES string of the molecule is CCC1(CC#CCN2CCN(c3ccc(Cl)cc3)CC2)C(=O)N(C)c2ccccc21. The number of piperazine rings is 1. The van der Waals surface area contributed by atoms with Gasteiger partial charge in [0.05, 0.1) is 12.0 Å². The zero-order chi connectivity index (χ0) is 21.1. The van der Waals surface area contributed by atoms with Crippen LogP contribution in [0.2, 0.25) is 5.02 Å². The first-order valence-corrected chi connectivity index (χ1v) is 11.0. The van der Waals surface area contributed by atoms with Gasteiger partial charge in [-0.1, -0.05) is 42.6 Å². The van der Waals surface area contributed by atoms with Crippen LogP contribution in [0.3, 0.4) is 0 Å². The molecule has 2 aromatic carbocycles. The average molecular weight is 422 g/mol. The molecular weight excluding hydrogens is 394 g/mol. The molecule has 5 heteroatoms. The minimum atomic E-state index is -0.508. The normalized spacial score (nSPS) is 21.4. The maximum atomic E-state index is 13.0. The van der Waals surface area contributed by atoms with E-state index in [-0.39, 0.29) is 5.91 Å². The van der Waals surface area contributed by atoms with Gasteiger partial charge in [-0.25, -0.2) is 0 Å². The van der Waals surface area contributed by atoms with Crippen molar-refractivity contribution in [2.75, 3.05) is 49.6 Å². The first kappa shape index (κ1) is 20.8. The number of benzene rings is 2. The van der Waals surface area contributed by atoms with E-state index in [1.165, 1.54) is 5.69 Å². The second-order valence-electron chi connectivity index (χ2n) is 8.09. The highest BCUT2D eigenvalue weighted by Crippen LogP contribution is 2.45. The molecule has 156 valence electrons. The number of nitrogens with zero attached hydrogens (tertiary/aromatic N) is 3. The number of hydrogen-bond donors (Lipinski definition) is 0. The van der Waals surface area contributed by atoms with Gasteiger partial charge in [0, 0.05) is 56.0 Å². The Morgan fingerprint density at radius 3 is 2.40 bits per heavy atom. The highest BCUT2D eigenvalue weighted by atomic mass is 35.5. The minimum absolute atomic E-state index is 0.164. The molecule has 1 atom stereocenters. The van der Waals surface area contributed by atoms with Gasteiger partial charge in [0.1, 0.15) is 0 Å². The standard InChI is InChI=1S/C25H28ClN3O/c1-3-25(22-8-4-5-9-23(22)27(2)24(25)30)14-6-7-15-28-16-18-29(19-17-28)21-12-10-20(26)11-13-21/h4-5,8-13H,3,14-19H2,1-2H3. The minimum Gasteiger partial charge on any atom is -0.369 e. The molecule has 0 bridgehead atoms. The van der Waals surface area contributed by atoms with Crippen LogP contribution in [0.1, 0.15) is 25.3 Å². The van der Waals surface area contributed by atoms with Crippen molar-refractivity contribution in [2.45, 2.75) is 25.2 Å². The summed E-state index contributed by atoms with van der Waals surface area (Å²) in [6.07, 6.45) is 1.34. The molecule has 30 heavy (non-hydrogen) atoms. The maximum Gasteiger partial charge on any atom is 0.238 e. The third kappa shape index (κ3) is 3.80. The summed E-state index contributed by atoms with van der Waals surface area (Å²) in [7, 11) is 1.87.